The first kappa shape index (κ1) is 18.0. The highest BCUT2D eigenvalue weighted by atomic mass is 32.2. The van der Waals surface area contributed by atoms with E-state index >= 15 is 0 Å². The molecular weight excluding hydrogens is 366 g/mol. The van der Waals surface area contributed by atoms with Crippen LogP contribution in [0.1, 0.15) is 28.8 Å². The van der Waals surface area contributed by atoms with Crippen LogP contribution in [0.25, 0.3) is 0 Å². The van der Waals surface area contributed by atoms with E-state index in [4.69, 9.17) is 9.98 Å². The van der Waals surface area contributed by atoms with Gasteiger partial charge in [-0.1, -0.05) is 36.4 Å². The van der Waals surface area contributed by atoms with E-state index in [1.807, 2.05) is 24.3 Å². The molecule has 2 aromatic rings. The number of benzene rings is 2. The Morgan fingerprint density at radius 2 is 1.63 bits per heavy atom. The van der Waals surface area contributed by atoms with Crippen LogP contribution in [0.2, 0.25) is 0 Å². The molecule has 0 bridgehead atoms. The molecule has 0 saturated carbocycles. The quantitative estimate of drug-likeness (QED) is 0.867. The second kappa shape index (κ2) is 6.63. The lowest BCUT2D eigenvalue weighted by Gasteiger charge is -2.38. The number of rotatable bonds is 3. The molecule has 2 aromatic carbocycles. The molecule has 2 aliphatic heterocycles. The van der Waals surface area contributed by atoms with Gasteiger partial charge in [0.2, 0.25) is 0 Å². The summed E-state index contributed by atoms with van der Waals surface area (Å²) in [6.45, 7) is 1.39. The molecule has 2 heterocycles. The molecule has 4 rings (SSSR count). The molecule has 1 spiro atoms. The van der Waals surface area contributed by atoms with Crippen LogP contribution in [0.3, 0.4) is 0 Å². The van der Waals surface area contributed by atoms with E-state index in [0.29, 0.717) is 43.7 Å². The minimum Gasteiger partial charge on any atom is -0.364 e. The first-order valence-corrected chi connectivity index (χ1v) is 10.3. The van der Waals surface area contributed by atoms with E-state index in [9.17, 15) is 13.2 Å². The fraction of sp³-hybridized carbons (Fsp3) is 0.316. The molecule has 0 aliphatic carbocycles. The fourth-order valence-electron chi connectivity index (χ4n) is 3.99. The van der Waals surface area contributed by atoms with E-state index in [2.05, 4.69) is 0 Å². The molecule has 1 saturated heterocycles. The molecule has 2 aliphatic rings. The number of anilines is 1. The van der Waals surface area contributed by atoms with E-state index in [0.717, 1.165) is 5.56 Å². The Kier molecular flexibility index (Phi) is 4.41. The highest BCUT2D eigenvalue weighted by molar-refractivity contribution is 7.90. The Labute approximate surface area is 158 Å². The second-order valence-corrected chi connectivity index (χ2v) is 8.49. The lowest BCUT2D eigenvalue weighted by Crippen LogP contribution is -2.47. The Hall–Kier alpha value is -2.42. The maximum absolute atomic E-state index is 12.2. The molecule has 8 heteroatoms. The van der Waals surface area contributed by atoms with Gasteiger partial charge in [-0.3, -0.25) is 4.31 Å². The third-order valence-corrected chi connectivity index (χ3v) is 6.34. The van der Waals surface area contributed by atoms with Crippen molar-refractivity contribution < 1.29 is 18.0 Å². The van der Waals surface area contributed by atoms with Crippen molar-refractivity contribution in [1.82, 2.24) is 5.06 Å². The summed E-state index contributed by atoms with van der Waals surface area (Å²) >= 11 is 0. The molecule has 0 atom stereocenters. The Bertz CT molecular complexity index is 954. The van der Waals surface area contributed by atoms with Crippen LogP contribution < -0.4 is 9.44 Å². The second-order valence-electron chi connectivity index (χ2n) is 7.02. The number of para-hydroxylation sites is 1. The highest BCUT2D eigenvalue weighted by Gasteiger charge is 2.47. The molecule has 0 unspecified atom stereocenters. The summed E-state index contributed by atoms with van der Waals surface area (Å²) in [5, 5.41) is 7.08. The first-order valence-electron chi connectivity index (χ1n) is 8.81. The van der Waals surface area contributed by atoms with Gasteiger partial charge in [-0.15, -0.1) is 5.06 Å². The van der Waals surface area contributed by atoms with Crippen molar-refractivity contribution in [2.24, 2.45) is 5.14 Å². The zero-order valence-corrected chi connectivity index (χ0v) is 15.6. The Morgan fingerprint density at radius 3 is 2.30 bits per heavy atom. The van der Waals surface area contributed by atoms with Crippen LogP contribution in [-0.4, -0.2) is 39.1 Å². The van der Waals surface area contributed by atoms with Crippen LogP contribution in [0, 0.1) is 0 Å². The van der Waals surface area contributed by atoms with Gasteiger partial charge in [0, 0.05) is 25.0 Å². The number of nitrogens with zero attached hydrogens (tertiary/aromatic N) is 2. The van der Waals surface area contributed by atoms with Gasteiger partial charge in [0.15, 0.2) is 0 Å². The summed E-state index contributed by atoms with van der Waals surface area (Å²) in [5.74, 6) is -0.385. The van der Waals surface area contributed by atoms with Gasteiger partial charge in [-0.25, -0.2) is 9.93 Å². The van der Waals surface area contributed by atoms with Crippen molar-refractivity contribution in [3.63, 3.8) is 0 Å². The zero-order chi connectivity index (χ0) is 19.1. The van der Waals surface area contributed by atoms with E-state index < -0.39 is 10.2 Å². The molecule has 1 fully saturated rings. The van der Waals surface area contributed by atoms with E-state index in [1.165, 1.54) is 4.31 Å². The summed E-state index contributed by atoms with van der Waals surface area (Å²) in [6, 6.07) is 16.3. The van der Waals surface area contributed by atoms with Gasteiger partial charge in [-0.2, -0.15) is 8.42 Å². The number of carbonyl (C=O) groups excluding carboxylic acids is 1. The zero-order valence-electron chi connectivity index (χ0n) is 14.7. The SMILES string of the molecule is NS(=O)(=O)N1CC2(CCN(OC(=O)c3ccccc3)CC2)c2ccccc21. The Morgan fingerprint density at radius 1 is 1.00 bits per heavy atom. The normalized spacial score (nSPS) is 19.1. The number of nitrogens with two attached hydrogens (primary N) is 1. The number of fused-ring (bicyclic) bond motifs is 2. The fourth-order valence-corrected chi connectivity index (χ4v) is 4.85. The van der Waals surface area contributed by atoms with Crippen molar-refractivity contribution in [3.05, 3.63) is 65.7 Å². The number of piperidine rings is 1. The minimum absolute atomic E-state index is 0.307. The average molecular weight is 387 g/mol. The minimum atomic E-state index is -3.83. The standard InChI is InChI=1S/C19H21N3O4S/c20-27(24,25)22-14-19(16-8-4-5-9-17(16)22)10-12-21(13-11-19)26-18(23)15-6-2-1-3-7-15/h1-9H,10-14H2,(H2,20,24,25). The van der Waals surface area contributed by atoms with Gasteiger partial charge in [0.25, 0.3) is 10.2 Å². The summed E-state index contributed by atoms with van der Waals surface area (Å²) in [7, 11) is -3.83. The number of hydroxylamine groups is 2. The molecule has 7 nitrogen and oxygen atoms in total. The van der Waals surface area contributed by atoms with Crippen LogP contribution in [0.4, 0.5) is 5.69 Å². The van der Waals surface area contributed by atoms with Gasteiger partial charge >= 0.3 is 5.97 Å². The third-order valence-electron chi connectivity index (χ3n) is 5.40. The molecule has 0 aromatic heterocycles. The largest absolute Gasteiger partial charge is 0.364 e. The van der Waals surface area contributed by atoms with Crippen LogP contribution in [0.15, 0.2) is 54.6 Å². The molecule has 0 amide bonds. The van der Waals surface area contributed by atoms with Crippen molar-refractivity contribution in [2.75, 3.05) is 23.9 Å². The van der Waals surface area contributed by atoms with E-state index in [1.54, 1.807) is 35.4 Å². The van der Waals surface area contributed by atoms with Crippen molar-refractivity contribution in [2.45, 2.75) is 18.3 Å². The van der Waals surface area contributed by atoms with Gasteiger partial charge < -0.3 is 4.84 Å². The van der Waals surface area contributed by atoms with Gasteiger partial charge in [0.1, 0.15) is 0 Å². The lowest BCUT2D eigenvalue weighted by atomic mass is 9.75. The highest BCUT2D eigenvalue weighted by Crippen LogP contribution is 2.47. The summed E-state index contributed by atoms with van der Waals surface area (Å²) < 4.78 is 25.3. The van der Waals surface area contributed by atoms with Crippen molar-refractivity contribution in [1.29, 1.82) is 0 Å². The van der Waals surface area contributed by atoms with Gasteiger partial charge in [-0.05, 0) is 36.6 Å². The Balaban J connectivity index is 1.50. The van der Waals surface area contributed by atoms with E-state index in [-0.39, 0.29) is 11.4 Å². The van der Waals surface area contributed by atoms with Crippen LogP contribution >= 0.6 is 0 Å². The van der Waals surface area contributed by atoms with Crippen molar-refractivity contribution in [3.8, 4) is 0 Å². The number of hydrogen-bond acceptors (Lipinski definition) is 5. The molecular formula is C19H21N3O4S. The predicted octanol–water partition coefficient (Wildman–Crippen LogP) is 1.82. The lowest BCUT2D eigenvalue weighted by molar-refractivity contribution is -0.128. The molecule has 142 valence electrons. The smallest absolute Gasteiger partial charge is 0.357 e. The number of hydrogen-bond donors (Lipinski definition) is 1. The number of carbonyl (C=O) groups is 1. The predicted molar refractivity (Wildman–Crippen MR) is 101 cm³/mol. The third kappa shape index (κ3) is 3.31. The summed E-state index contributed by atoms with van der Waals surface area (Å²) in [6.07, 6.45) is 1.36. The van der Waals surface area contributed by atoms with Gasteiger partial charge in [0.05, 0.1) is 11.3 Å². The monoisotopic (exact) mass is 387 g/mol. The van der Waals surface area contributed by atoms with Crippen LogP contribution in [-0.2, 0) is 20.5 Å². The molecule has 0 radical (unpaired) electrons. The maximum atomic E-state index is 12.2. The maximum Gasteiger partial charge on any atom is 0.357 e. The molecule has 27 heavy (non-hydrogen) atoms. The topological polar surface area (TPSA) is 92.9 Å². The first-order chi connectivity index (χ1) is 12.9. The summed E-state index contributed by atoms with van der Waals surface area (Å²) in [5.41, 5.74) is 1.84. The average Bonchev–Trinajstić information content (AvgIpc) is 2.99. The molecule has 2 N–H and O–H groups in total. The van der Waals surface area contributed by atoms with Crippen LogP contribution in [0.5, 0.6) is 0 Å². The van der Waals surface area contributed by atoms with Crippen molar-refractivity contribution >= 4 is 21.9 Å². The summed E-state index contributed by atoms with van der Waals surface area (Å²) in [4.78, 5) is 17.7.